The Morgan fingerprint density at radius 1 is 1.45 bits per heavy atom. The number of aryl methyl sites for hydroxylation is 1. The van der Waals surface area contributed by atoms with E-state index in [1.807, 2.05) is 24.6 Å². The van der Waals surface area contributed by atoms with Gasteiger partial charge in [-0.2, -0.15) is 0 Å². The predicted octanol–water partition coefficient (Wildman–Crippen LogP) is 2.19. The average molecular weight is 164 g/mol. The molecule has 0 aliphatic rings. The molecule has 3 heteroatoms. The molecular weight excluding hydrogens is 156 g/mol. The molecule has 2 nitrogen and oxygen atoms in total. The predicted molar refractivity (Wildman–Crippen MR) is 48.8 cm³/mol. The van der Waals surface area contributed by atoms with Gasteiger partial charge in [-0.1, -0.05) is 0 Å². The van der Waals surface area contributed by atoms with Crippen molar-refractivity contribution in [1.82, 2.24) is 4.98 Å². The highest BCUT2D eigenvalue weighted by molar-refractivity contribution is 7.17. The van der Waals surface area contributed by atoms with Crippen LogP contribution in [0.3, 0.4) is 0 Å². The number of hydrogen-bond donors (Lipinski definition) is 1. The molecule has 0 atom stereocenters. The lowest BCUT2D eigenvalue weighted by molar-refractivity contribution is 1.47. The first-order valence-corrected chi connectivity index (χ1v) is 4.25. The molecule has 2 aromatic rings. The molecule has 0 unspecified atom stereocenters. The van der Waals surface area contributed by atoms with Crippen molar-refractivity contribution in [2.24, 2.45) is 0 Å². The molecule has 11 heavy (non-hydrogen) atoms. The Labute approximate surface area is 68.7 Å². The number of nitrogens with zero attached hydrogens (tertiary/aromatic N) is 1. The van der Waals surface area contributed by atoms with Gasteiger partial charge in [-0.3, -0.25) is 0 Å². The summed E-state index contributed by atoms with van der Waals surface area (Å²) in [6, 6.07) is 3.85. The molecule has 2 N–H and O–H groups in total. The molecule has 0 bridgehead atoms. The van der Waals surface area contributed by atoms with Crippen molar-refractivity contribution in [1.29, 1.82) is 0 Å². The van der Waals surface area contributed by atoms with Crippen LogP contribution >= 0.6 is 11.3 Å². The lowest BCUT2D eigenvalue weighted by Crippen LogP contribution is -1.87. The van der Waals surface area contributed by atoms with Crippen molar-refractivity contribution in [2.75, 3.05) is 5.73 Å². The number of rotatable bonds is 0. The molecule has 1 heterocycles. The summed E-state index contributed by atoms with van der Waals surface area (Å²) >= 11 is 1.64. The van der Waals surface area contributed by atoms with Crippen molar-refractivity contribution in [3.63, 3.8) is 0 Å². The Hall–Kier alpha value is -1.09. The summed E-state index contributed by atoms with van der Waals surface area (Å²) in [5, 5.41) is 0. The maximum absolute atomic E-state index is 5.72. The van der Waals surface area contributed by atoms with Crippen LogP contribution in [0.15, 0.2) is 17.6 Å². The van der Waals surface area contributed by atoms with E-state index in [2.05, 4.69) is 4.98 Å². The first-order chi connectivity index (χ1) is 5.29. The second-order valence-corrected chi connectivity index (χ2v) is 3.34. The summed E-state index contributed by atoms with van der Waals surface area (Å²) in [7, 11) is 0. The molecule has 0 saturated carbocycles. The van der Waals surface area contributed by atoms with E-state index in [9.17, 15) is 0 Å². The molecular formula is C8H8N2S. The standard InChI is InChI=1S/C8H8N2S/c1-5-6(9)2-3-7-8(5)11-4-10-7/h2-4H,9H2,1H3. The first kappa shape index (κ1) is 6.61. The van der Waals surface area contributed by atoms with E-state index >= 15 is 0 Å². The highest BCUT2D eigenvalue weighted by Crippen LogP contribution is 2.25. The van der Waals surface area contributed by atoms with Gasteiger partial charge in [-0.25, -0.2) is 4.98 Å². The molecule has 0 amide bonds. The van der Waals surface area contributed by atoms with Crippen LogP contribution in [0.4, 0.5) is 5.69 Å². The lowest BCUT2D eigenvalue weighted by atomic mass is 10.2. The van der Waals surface area contributed by atoms with E-state index in [1.165, 1.54) is 4.70 Å². The van der Waals surface area contributed by atoms with Gasteiger partial charge in [-0.15, -0.1) is 11.3 Å². The second kappa shape index (κ2) is 2.20. The average Bonchev–Trinajstić information content (AvgIpc) is 2.45. The zero-order valence-corrected chi connectivity index (χ0v) is 6.98. The van der Waals surface area contributed by atoms with Crippen molar-refractivity contribution in [3.05, 3.63) is 23.2 Å². The highest BCUT2D eigenvalue weighted by Gasteiger charge is 2.01. The van der Waals surface area contributed by atoms with Gasteiger partial charge in [0.15, 0.2) is 0 Å². The van der Waals surface area contributed by atoms with Gasteiger partial charge < -0.3 is 5.73 Å². The van der Waals surface area contributed by atoms with Gasteiger partial charge in [0.25, 0.3) is 0 Å². The highest BCUT2D eigenvalue weighted by atomic mass is 32.1. The van der Waals surface area contributed by atoms with Crippen LogP contribution in [0.2, 0.25) is 0 Å². The Morgan fingerprint density at radius 2 is 2.27 bits per heavy atom. The SMILES string of the molecule is Cc1c(N)ccc2ncsc12. The van der Waals surface area contributed by atoms with Crippen LogP contribution in [0.25, 0.3) is 10.2 Å². The Bertz CT molecular complexity index is 392. The summed E-state index contributed by atoms with van der Waals surface area (Å²) in [4.78, 5) is 4.18. The van der Waals surface area contributed by atoms with E-state index in [0.717, 1.165) is 16.8 Å². The van der Waals surface area contributed by atoms with Gasteiger partial charge in [0.1, 0.15) is 0 Å². The van der Waals surface area contributed by atoms with Crippen LogP contribution in [0.1, 0.15) is 5.56 Å². The van der Waals surface area contributed by atoms with Crippen LogP contribution < -0.4 is 5.73 Å². The topological polar surface area (TPSA) is 38.9 Å². The van der Waals surface area contributed by atoms with Gasteiger partial charge in [0.05, 0.1) is 15.7 Å². The minimum absolute atomic E-state index is 0.849. The van der Waals surface area contributed by atoms with Crippen molar-refractivity contribution < 1.29 is 0 Å². The summed E-state index contributed by atoms with van der Waals surface area (Å²) in [6.07, 6.45) is 0. The fourth-order valence-electron chi connectivity index (χ4n) is 1.08. The number of fused-ring (bicyclic) bond motifs is 1. The monoisotopic (exact) mass is 164 g/mol. The molecule has 0 spiro atoms. The number of nitrogen functional groups attached to an aromatic ring is 1. The van der Waals surface area contributed by atoms with Crippen molar-refractivity contribution in [3.8, 4) is 0 Å². The van der Waals surface area contributed by atoms with E-state index in [0.29, 0.717) is 0 Å². The zero-order valence-electron chi connectivity index (χ0n) is 6.16. The van der Waals surface area contributed by atoms with Gasteiger partial charge in [0.2, 0.25) is 0 Å². The molecule has 1 aromatic heterocycles. The molecule has 0 aliphatic heterocycles. The molecule has 1 aromatic carbocycles. The largest absolute Gasteiger partial charge is 0.398 e. The van der Waals surface area contributed by atoms with Gasteiger partial charge in [0, 0.05) is 5.69 Å². The molecule has 0 fully saturated rings. The first-order valence-electron chi connectivity index (χ1n) is 3.37. The van der Waals surface area contributed by atoms with Crippen LogP contribution in [0, 0.1) is 6.92 Å². The normalized spacial score (nSPS) is 10.6. The third-order valence-electron chi connectivity index (χ3n) is 1.79. The van der Waals surface area contributed by atoms with Crippen LogP contribution in [0.5, 0.6) is 0 Å². The van der Waals surface area contributed by atoms with Crippen molar-refractivity contribution in [2.45, 2.75) is 6.92 Å². The van der Waals surface area contributed by atoms with Gasteiger partial charge >= 0.3 is 0 Å². The molecule has 0 saturated heterocycles. The molecule has 0 radical (unpaired) electrons. The number of anilines is 1. The molecule has 2 rings (SSSR count). The van der Waals surface area contributed by atoms with E-state index in [4.69, 9.17) is 5.73 Å². The quantitative estimate of drug-likeness (QED) is 0.606. The number of benzene rings is 1. The van der Waals surface area contributed by atoms with Crippen LogP contribution in [-0.2, 0) is 0 Å². The summed E-state index contributed by atoms with van der Waals surface area (Å²) in [5.41, 5.74) is 10.6. The van der Waals surface area contributed by atoms with E-state index < -0.39 is 0 Å². The minimum atomic E-state index is 0.849. The molecule has 0 aliphatic carbocycles. The summed E-state index contributed by atoms with van der Waals surface area (Å²) in [5.74, 6) is 0. The van der Waals surface area contributed by atoms with Gasteiger partial charge in [-0.05, 0) is 24.6 Å². The third kappa shape index (κ3) is 0.886. The zero-order chi connectivity index (χ0) is 7.84. The molecule has 56 valence electrons. The smallest absolute Gasteiger partial charge is 0.0816 e. The van der Waals surface area contributed by atoms with Crippen molar-refractivity contribution >= 4 is 27.2 Å². The number of aromatic nitrogens is 1. The van der Waals surface area contributed by atoms with E-state index in [-0.39, 0.29) is 0 Å². The maximum Gasteiger partial charge on any atom is 0.0816 e. The fraction of sp³-hybridized carbons (Fsp3) is 0.125. The fourth-order valence-corrected chi connectivity index (χ4v) is 1.89. The summed E-state index contributed by atoms with van der Waals surface area (Å²) < 4.78 is 1.20. The van der Waals surface area contributed by atoms with Crippen LogP contribution in [-0.4, -0.2) is 4.98 Å². The lowest BCUT2D eigenvalue weighted by Gasteiger charge is -1.98. The Balaban J connectivity index is 2.93. The Kier molecular flexibility index (Phi) is 1.32. The Morgan fingerprint density at radius 3 is 3.09 bits per heavy atom. The minimum Gasteiger partial charge on any atom is -0.398 e. The third-order valence-corrected chi connectivity index (χ3v) is 2.75. The number of thiazole rings is 1. The number of nitrogens with two attached hydrogens (primary N) is 1. The van der Waals surface area contributed by atoms with E-state index in [1.54, 1.807) is 11.3 Å². The summed E-state index contributed by atoms with van der Waals surface area (Å²) in [6.45, 7) is 2.02. The number of hydrogen-bond acceptors (Lipinski definition) is 3. The second-order valence-electron chi connectivity index (χ2n) is 2.48. The maximum atomic E-state index is 5.72.